The van der Waals surface area contributed by atoms with Crippen LogP contribution in [0.3, 0.4) is 0 Å². The lowest BCUT2D eigenvalue weighted by Gasteiger charge is -2.26. The Kier molecular flexibility index (Phi) is 4.24. The van der Waals surface area contributed by atoms with Gasteiger partial charge < -0.3 is 5.32 Å². The van der Waals surface area contributed by atoms with Gasteiger partial charge in [-0.15, -0.1) is 0 Å². The zero-order valence-electron chi connectivity index (χ0n) is 13.0. The van der Waals surface area contributed by atoms with Crippen molar-refractivity contribution in [1.29, 1.82) is 0 Å². The molecule has 1 atom stereocenters. The van der Waals surface area contributed by atoms with Crippen LogP contribution in [0.25, 0.3) is 0 Å². The first-order valence-electron chi connectivity index (χ1n) is 7.41. The highest BCUT2D eigenvalue weighted by Gasteiger charge is 2.22. The zero-order chi connectivity index (χ0) is 14.0. The van der Waals surface area contributed by atoms with Gasteiger partial charge in [0.25, 0.3) is 0 Å². The highest BCUT2D eigenvalue weighted by molar-refractivity contribution is 5.29. The molecule has 0 bridgehead atoms. The first kappa shape index (κ1) is 14.4. The number of nitrogens with zero attached hydrogens (tertiary/aromatic N) is 2. The van der Waals surface area contributed by atoms with Crippen LogP contribution in [0.4, 0.5) is 0 Å². The summed E-state index contributed by atoms with van der Waals surface area (Å²) in [5, 5.41) is 3.49. The lowest BCUT2D eigenvalue weighted by Crippen LogP contribution is -2.29. The Balaban J connectivity index is 2.26. The summed E-state index contributed by atoms with van der Waals surface area (Å²) in [6, 6.07) is 0. The van der Waals surface area contributed by atoms with Crippen molar-refractivity contribution >= 4 is 0 Å². The summed E-state index contributed by atoms with van der Waals surface area (Å²) in [6.45, 7) is 13.2. The molecule has 0 aromatic carbocycles. The van der Waals surface area contributed by atoms with E-state index in [4.69, 9.17) is 9.97 Å². The van der Waals surface area contributed by atoms with Crippen molar-refractivity contribution in [1.82, 2.24) is 15.3 Å². The number of aromatic nitrogens is 2. The van der Waals surface area contributed by atoms with E-state index in [1.807, 2.05) is 0 Å². The van der Waals surface area contributed by atoms with Crippen molar-refractivity contribution < 1.29 is 0 Å². The maximum atomic E-state index is 4.76. The third-order valence-electron chi connectivity index (χ3n) is 3.77. The molecule has 1 fully saturated rings. The molecule has 0 spiro atoms. The van der Waals surface area contributed by atoms with E-state index >= 15 is 0 Å². The van der Waals surface area contributed by atoms with Crippen LogP contribution in [0, 0.1) is 19.3 Å². The van der Waals surface area contributed by atoms with E-state index in [1.54, 1.807) is 0 Å². The molecule has 2 heterocycles. The van der Waals surface area contributed by atoms with Gasteiger partial charge in [0, 0.05) is 24.4 Å². The average molecular weight is 261 g/mol. The van der Waals surface area contributed by atoms with Gasteiger partial charge in [-0.3, -0.25) is 0 Å². The van der Waals surface area contributed by atoms with Crippen LogP contribution in [-0.2, 0) is 6.42 Å². The summed E-state index contributed by atoms with van der Waals surface area (Å²) in [6.07, 6.45) is 3.46. The van der Waals surface area contributed by atoms with Gasteiger partial charge in [-0.05, 0) is 50.1 Å². The van der Waals surface area contributed by atoms with E-state index in [-0.39, 0.29) is 5.41 Å². The molecular weight excluding hydrogens is 234 g/mol. The molecule has 106 valence electrons. The fourth-order valence-electron chi connectivity index (χ4n) is 3.04. The van der Waals surface area contributed by atoms with Crippen molar-refractivity contribution in [3.63, 3.8) is 0 Å². The average Bonchev–Trinajstić information content (AvgIpc) is 2.27. The van der Waals surface area contributed by atoms with E-state index in [2.05, 4.69) is 39.9 Å². The van der Waals surface area contributed by atoms with E-state index < -0.39 is 0 Å². The minimum absolute atomic E-state index is 0.243. The number of hydrogen-bond donors (Lipinski definition) is 1. The van der Waals surface area contributed by atoms with Gasteiger partial charge in [-0.25, -0.2) is 9.97 Å². The summed E-state index contributed by atoms with van der Waals surface area (Å²) in [5.41, 5.74) is 3.98. The topological polar surface area (TPSA) is 37.8 Å². The molecule has 3 nitrogen and oxygen atoms in total. The first-order valence-corrected chi connectivity index (χ1v) is 7.41. The second-order valence-electron chi connectivity index (χ2n) is 7.01. The molecule has 0 amide bonds. The van der Waals surface area contributed by atoms with E-state index in [0.29, 0.717) is 5.92 Å². The van der Waals surface area contributed by atoms with Gasteiger partial charge in [-0.2, -0.15) is 0 Å². The molecule has 0 saturated carbocycles. The maximum absolute atomic E-state index is 4.76. The molecule has 1 saturated heterocycles. The van der Waals surface area contributed by atoms with Gasteiger partial charge in [0.05, 0.1) is 0 Å². The fourth-order valence-corrected chi connectivity index (χ4v) is 3.04. The standard InChI is InChI=1S/C16H27N3/c1-11-15(13-7-6-8-17-10-13)12(2)19-14(18-11)9-16(3,4)5/h13,17H,6-10H2,1-5H3. The Hall–Kier alpha value is -0.960. The number of piperidine rings is 1. The predicted molar refractivity (Wildman–Crippen MR) is 79.5 cm³/mol. The lowest BCUT2D eigenvalue weighted by atomic mass is 9.88. The van der Waals surface area contributed by atoms with Crippen molar-refractivity contribution in [3.05, 3.63) is 22.8 Å². The molecule has 3 heteroatoms. The van der Waals surface area contributed by atoms with Crippen LogP contribution in [-0.4, -0.2) is 23.1 Å². The van der Waals surface area contributed by atoms with Crippen LogP contribution in [0.1, 0.15) is 62.3 Å². The maximum Gasteiger partial charge on any atom is 0.129 e. The second-order valence-corrected chi connectivity index (χ2v) is 7.01. The minimum Gasteiger partial charge on any atom is -0.316 e. The van der Waals surface area contributed by atoms with E-state index in [1.165, 1.54) is 29.8 Å². The first-order chi connectivity index (χ1) is 8.87. The number of aryl methyl sites for hydroxylation is 2. The van der Waals surface area contributed by atoms with E-state index in [0.717, 1.165) is 25.3 Å². The number of rotatable bonds is 2. The third kappa shape index (κ3) is 3.75. The number of nitrogens with one attached hydrogen (secondary N) is 1. The Labute approximate surface area is 117 Å². The molecule has 0 aliphatic carbocycles. The largest absolute Gasteiger partial charge is 0.316 e. The van der Waals surface area contributed by atoms with Crippen LogP contribution in [0.15, 0.2) is 0 Å². The quantitative estimate of drug-likeness (QED) is 0.888. The Morgan fingerprint density at radius 1 is 1.16 bits per heavy atom. The van der Waals surface area contributed by atoms with Crippen molar-refractivity contribution in [2.45, 2.75) is 59.8 Å². The van der Waals surface area contributed by atoms with Gasteiger partial charge in [0.1, 0.15) is 5.82 Å². The van der Waals surface area contributed by atoms with Crippen molar-refractivity contribution in [2.24, 2.45) is 5.41 Å². The van der Waals surface area contributed by atoms with Gasteiger partial charge >= 0.3 is 0 Å². The van der Waals surface area contributed by atoms with Crippen LogP contribution < -0.4 is 5.32 Å². The Morgan fingerprint density at radius 2 is 1.79 bits per heavy atom. The number of hydrogen-bond acceptors (Lipinski definition) is 3. The van der Waals surface area contributed by atoms with Crippen molar-refractivity contribution in [3.8, 4) is 0 Å². The lowest BCUT2D eigenvalue weighted by molar-refractivity contribution is 0.398. The summed E-state index contributed by atoms with van der Waals surface area (Å²) in [7, 11) is 0. The molecular formula is C16H27N3. The second kappa shape index (κ2) is 5.58. The van der Waals surface area contributed by atoms with Crippen LogP contribution in [0.5, 0.6) is 0 Å². The molecule has 1 aliphatic heterocycles. The SMILES string of the molecule is Cc1nc(CC(C)(C)C)nc(C)c1C1CCCNC1. The molecule has 0 radical (unpaired) electrons. The molecule has 19 heavy (non-hydrogen) atoms. The van der Waals surface area contributed by atoms with Crippen LogP contribution in [0.2, 0.25) is 0 Å². The molecule has 1 aromatic heterocycles. The Morgan fingerprint density at radius 3 is 2.26 bits per heavy atom. The third-order valence-corrected chi connectivity index (χ3v) is 3.77. The smallest absolute Gasteiger partial charge is 0.129 e. The predicted octanol–water partition coefficient (Wildman–Crippen LogP) is 3.15. The zero-order valence-corrected chi connectivity index (χ0v) is 13.0. The Bertz CT molecular complexity index is 417. The monoisotopic (exact) mass is 261 g/mol. The van der Waals surface area contributed by atoms with Gasteiger partial charge in [0.2, 0.25) is 0 Å². The summed E-state index contributed by atoms with van der Waals surface area (Å²) in [4.78, 5) is 9.51. The molecule has 2 rings (SSSR count). The molecule has 1 aliphatic rings. The summed E-state index contributed by atoms with van der Waals surface area (Å²) in [5.74, 6) is 1.59. The molecule has 1 unspecified atom stereocenters. The normalized spacial score (nSPS) is 20.6. The van der Waals surface area contributed by atoms with E-state index in [9.17, 15) is 0 Å². The van der Waals surface area contributed by atoms with Crippen LogP contribution >= 0.6 is 0 Å². The minimum atomic E-state index is 0.243. The molecule has 1 N–H and O–H groups in total. The highest BCUT2D eigenvalue weighted by atomic mass is 14.9. The van der Waals surface area contributed by atoms with Gasteiger partial charge in [0.15, 0.2) is 0 Å². The summed E-state index contributed by atoms with van der Waals surface area (Å²) < 4.78 is 0. The van der Waals surface area contributed by atoms with Crippen molar-refractivity contribution in [2.75, 3.05) is 13.1 Å². The van der Waals surface area contributed by atoms with Gasteiger partial charge in [-0.1, -0.05) is 20.8 Å². The fraction of sp³-hybridized carbons (Fsp3) is 0.750. The highest BCUT2D eigenvalue weighted by Crippen LogP contribution is 2.28. The summed E-state index contributed by atoms with van der Waals surface area (Å²) >= 11 is 0. The molecule has 1 aromatic rings.